The van der Waals surface area contributed by atoms with E-state index in [1.54, 1.807) is 17.9 Å². The van der Waals surface area contributed by atoms with E-state index >= 15 is 0 Å². The van der Waals surface area contributed by atoms with Gasteiger partial charge in [-0.15, -0.1) is 0 Å². The Bertz CT molecular complexity index is 1330. The zero-order chi connectivity index (χ0) is 20.1. The van der Waals surface area contributed by atoms with E-state index in [2.05, 4.69) is 11.4 Å². The summed E-state index contributed by atoms with van der Waals surface area (Å²) >= 11 is 0. The van der Waals surface area contributed by atoms with E-state index in [0.29, 0.717) is 17.2 Å². The molecule has 5 rings (SSSR count). The van der Waals surface area contributed by atoms with Crippen molar-refractivity contribution in [2.75, 3.05) is 17.4 Å². The molecule has 29 heavy (non-hydrogen) atoms. The van der Waals surface area contributed by atoms with Gasteiger partial charge in [0.15, 0.2) is 0 Å². The molecule has 0 spiro atoms. The maximum absolute atomic E-state index is 12.6. The molecule has 0 bridgehead atoms. The van der Waals surface area contributed by atoms with Crippen molar-refractivity contribution in [1.29, 1.82) is 0 Å². The summed E-state index contributed by atoms with van der Waals surface area (Å²) in [6, 6.07) is 13.9. The molecular weight excluding hydrogens is 384 g/mol. The van der Waals surface area contributed by atoms with Crippen molar-refractivity contribution in [1.82, 2.24) is 4.57 Å². The minimum Gasteiger partial charge on any atom is -0.460 e. The van der Waals surface area contributed by atoms with E-state index in [1.165, 1.54) is 0 Å². The van der Waals surface area contributed by atoms with Crippen molar-refractivity contribution in [3.05, 3.63) is 64.8 Å². The number of benzene rings is 2. The van der Waals surface area contributed by atoms with E-state index < -0.39 is 10.8 Å². The highest BCUT2D eigenvalue weighted by Gasteiger charge is 2.28. The number of rotatable bonds is 5. The summed E-state index contributed by atoms with van der Waals surface area (Å²) in [5.41, 5.74) is 3.59. The average Bonchev–Trinajstić information content (AvgIpc) is 3.48. The molecule has 2 aromatic carbocycles. The Kier molecular flexibility index (Phi) is 4.32. The van der Waals surface area contributed by atoms with Crippen LogP contribution in [-0.4, -0.2) is 20.9 Å². The molecule has 0 amide bonds. The Morgan fingerprint density at radius 2 is 1.90 bits per heavy atom. The zero-order valence-electron chi connectivity index (χ0n) is 16.4. The zero-order valence-corrected chi connectivity index (χ0v) is 17.2. The largest absolute Gasteiger partial charge is 0.460 e. The number of furan rings is 1. The molecule has 0 radical (unpaired) electrons. The van der Waals surface area contributed by atoms with Crippen molar-refractivity contribution < 1.29 is 8.63 Å². The van der Waals surface area contributed by atoms with Gasteiger partial charge in [-0.25, -0.2) is 0 Å². The topological polar surface area (TPSA) is 64.2 Å². The third-order valence-corrected chi connectivity index (χ3v) is 6.03. The summed E-state index contributed by atoms with van der Waals surface area (Å²) in [5, 5.41) is 5.87. The first kappa shape index (κ1) is 18.2. The van der Waals surface area contributed by atoms with Gasteiger partial charge in [0, 0.05) is 63.8 Å². The maximum atomic E-state index is 12.6. The van der Waals surface area contributed by atoms with Crippen LogP contribution in [0.1, 0.15) is 24.5 Å². The normalized spacial score (nSPS) is 15.1. The number of aromatic nitrogens is 1. The van der Waals surface area contributed by atoms with Crippen molar-refractivity contribution in [2.45, 2.75) is 18.8 Å². The van der Waals surface area contributed by atoms with Gasteiger partial charge < -0.3 is 14.3 Å². The van der Waals surface area contributed by atoms with E-state index in [9.17, 15) is 9.00 Å². The Balaban J connectivity index is 1.79. The minimum atomic E-state index is -0.952. The lowest BCUT2D eigenvalue weighted by Gasteiger charge is -2.12. The van der Waals surface area contributed by atoms with Gasteiger partial charge in [-0.2, -0.15) is 0 Å². The number of pyridine rings is 1. The van der Waals surface area contributed by atoms with Gasteiger partial charge in [0.05, 0.1) is 5.88 Å². The van der Waals surface area contributed by atoms with Crippen LogP contribution in [0.5, 0.6) is 0 Å². The highest BCUT2D eigenvalue weighted by molar-refractivity contribution is 7.84. The van der Waals surface area contributed by atoms with Gasteiger partial charge in [0.25, 0.3) is 5.56 Å². The molecule has 1 atom stereocenters. The third-order valence-electron chi connectivity index (χ3n) is 5.48. The maximum Gasteiger partial charge on any atom is 0.258 e. The molecule has 1 N–H and O–H groups in total. The third kappa shape index (κ3) is 3.27. The highest BCUT2D eigenvalue weighted by Crippen LogP contribution is 2.45. The Labute approximate surface area is 170 Å². The van der Waals surface area contributed by atoms with Crippen LogP contribution in [0.25, 0.3) is 32.9 Å². The van der Waals surface area contributed by atoms with Crippen LogP contribution in [0.3, 0.4) is 0 Å². The van der Waals surface area contributed by atoms with Gasteiger partial charge in [0.1, 0.15) is 11.3 Å². The number of hydrogen-bond donors (Lipinski definition) is 1. The lowest BCUT2D eigenvalue weighted by atomic mass is 9.98. The quantitative estimate of drug-likeness (QED) is 0.527. The minimum absolute atomic E-state index is 0.0191. The molecule has 0 saturated heterocycles. The van der Waals surface area contributed by atoms with E-state index in [0.717, 1.165) is 51.8 Å². The van der Waals surface area contributed by atoms with Crippen molar-refractivity contribution in [3.63, 3.8) is 0 Å². The highest BCUT2D eigenvalue weighted by atomic mass is 32.2. The first-order valence-corrected chi connectivity index (χ1v) is 11.4. The monoisotopic (exact) mass is 406 g/mol. The molecule has 5 nitrogen and oxygen atoms in total. The summed E-state index contributed by atoms with van der Waals surface area (Å²) in [4.78, 5) is 12.6. The van der Waals surface area contributed by atoms with E-state index in [-0.39, 0.29) is 5.56 Å². The van der Waals surface area contributed by atoms with Gasteiger partial charge in [-0.3, -0.25) is 9.00 Å². The molecule has 1 aliphatic carbocycles. The van der Waals surface area contributed by atoms with Crippen LogP contribution >= 0.6 is 0 Å². The van der Waals surface area contributed by atoms with Crippen LogP contribution in [-0.2, 0) is 17.8 Å². The van der Waals surface area contributed by atoms with E-state index in [1.807, 2.05) is 42.6 Å². The van der Waals surface area contributed by atoms with Crippen LogP contribution in [0.15, 0.2) is 57.9 Å². The molecular formula is C23H22N2O3S. The van der Waals surface area contributed by atoms with Crippen molar-refractivity contribution >= 4 is 38.2 Å². The summed E-state index contributed by atoms with van der Waals surface area (Å²) in [6.45, 7) is 0. The molecule has 1 fully saturated rings. The molecule has 4 aromatic rings. The molecule has 0 aliphatic heterocycles. The predicted octanol–water partition coefficient (Wildman–Crippen LogP) is 4.58. The van der Waals surface area contributed by atoms with Crippen molar-refractivity contribution in [3.8, 4) is 11.1 Å². The molecule has 148 valence electrons. The lowest BCUT2D eigenvalue weighted by molar-refractivity contribution is 0.553. The molecule has 2 heterocycles. The average molecular weight is 407 g/mol. The summed E-state index contributed by atoms with van der Waals surface area (Å²) < 4.78 is 19.5. The fourth-order valence-electron chi connectivity index (χ4n) is 3.86. The van der Waals surface area contributed by atoms with Gasteiger partial charge in [-0.1, -0.05) is 18.2 Å². The van der Waals surface area contributed by atoms with Crippen LogP contribution < -0.4 is 10.9 Å². The van der Waals surface area contributed by atoms with Crippen LogP contribution in [0.2, 0.25) is 0 Å². The number of hydrogen-bond acceptors (Lipinski definition) is 4. The Hall–Kier alpha value is -2.86. The second-order valence-corrected chi connectivity index (χ2v) is 9.20. The standard InChI is InChI=1S/C23H22N2O3S/c1-25-12-20(17-5-3-4-6-18(17)23(25)26)19-11-16(24-13-29(2)27)9-15-10-21(14-7-8-14)28-22(15)19/h3-6,9-12,14,24H,7-8,13H2,1-2H3. The SMILES string of the molecule is Cn1cc(-c2cc(NCS(C)=O)cc3cc(C4CC4)oc23)c2ccccc2c1=O. The first-order chi connectivity index (χ1) is 14.0. The fraction of sp³-hybridized carbons (Fsp3) is 0.261. The van der Waals surface area contributed by atoms with Crippen molar-refractivity contribution in [2.24, 2.45) is 7.05 Å². The predicted molar refractivity (Wildman–Crippen MR) is 119 cm³/mol. The summed E-state index contributed by atoms with van der Waals surface area (Å²) in [5.74, 6) is 1.91. The van der Waals surface area contributed by atoms with Crippen LogP contribution in [0.4, 0.5) is 5.69 Å². The molecule has 1 unspecified atom stereocenters. The summed E-state index contributed by atoms with van der Waals surface area (Å²) in [7, 11) is 0.821. The van der Waals surface area contributed by atoms with Gasteiger partial charge >= 0.3 is 0 Å². The lowest BCUT2D eigenvalue weighted by Crippen LogP contribution is -2.16. The first-order valence-electron chi connectivity index (χ1n) is 9.71. The van der Waals surface area contributed by atoms with Gasteiger partial charge in [-0.05, 0) is 42.5 Å². The number of nitrogens with one attached hydrogen (secondary N) is 1. The smallest absolute Gasteiger partial charge is 0.258 e. The Morgan fingerprint density at radius 1 is 1.14 bits per heavy atom. The number of nitrogens with zero attached hydrogens (tertiary/aromatic N) is 1. The molecule has 1 saturated carbocycles. The Morgan fingerprint density at radius 3 is 2.62 bits per heavy atom. The summed E-state index contributed by atoms with van der Waals surface area (Å²) in [6.07, 6.45) is 5.88. The second kappa shape index (κ2) is 6.88. The van der Waals surface area contributed by atoms with Crippen LogP contribution in [0, 0.1) is 0 Å². The second-order valence-electron chi connectivity index (χ2n) is 7.76. The molecule has 6 heteroatoms. The van der Waals surface area contributed by atoms with Gasteiger partial charge in [0.2, 0.25) is 0 Å². The molecule has 2 aromatic heterocycles. The number of aryl methyl sites for hydroxylation is 1. The molecule has 1 aliphatic rings. The number of anilines is 1. The number of fused-ring (bicyclic) bond motifs is 2. The fourth-order valence-corrected chi connectivity index (χ4v) is 4.23. The van der Waals surface area contributed by atoms with E-state index in [4.69, 9.17) is 4.42 Å².